The molecule has 2 aromatic carbocycles. The van der Waals surface area contributed by atoms with Crippen molar-refractivity contribution in [3.05, 3.63) is 88.5 Å². The number of hydrogen-bond donors (Lipinski definition) is 2. The molecule has 3 atom stereocenters. The lowest BCUT2D eigenvalue weighted by molar-refractivity contribution is 0.0783. The molecular weight excluding hydrogens is 405 g/mol. The summed E-state index contributed by atoms with van der Waals surface area (Å²) in [5.41, 5.74) is 4.47. The molecule has 1 heterocycles. The molecule has 0 bridgehead atoms. The van der Waals surface area contributed by atoms with Crippen molar-refractivity contribution in [3.63, 3.8) is 0 Å². The van der Waals surface area contributed by atoms with Gasteiger partial charge in [0, 0.05) is 18.3 Å². The minimum atomic E-state index is -0.547. The number of aromatic nitrogens is 2. The summed E-state index contributed by atoms with van der Waals surface area (Å²) in [6.07, 6.45) is 3.37. The highest BCUT2D eigenvalue weighted by atomic mass is 19.1. The van der Waals surface area contributed by atoms with Crippen LogP contribution in [0.1, 0.15) is 58.2 Å². The van der Waals surface area contributed by atoms with Gasteiger partial charge >= 0.3 is 0 Å². The maximum absolute atomic E-state index is 13.1. The van der Waals surface area contributed by atoms with Crippen LogP contribution in [0.3, 0.4) is 0 Å². The molecule has 168 valence electrons. The van der Waals surface area contributed by atoms with E-state index in [1.165, 1.54) is 17.7 Å². The third-order valence-electron chi connectivity index (χ3n) is 6.47. The molecule has 0 aliphatic heterocycles. The monoisotopic (exact) mass is 435 g/mol. The molecule has 1 saturated carbocycles. The van der Waals surface area contributed by atoms with E-state index in [2.05, 4.69) is 10.2 Å². The SMILES string of the molecule is Cc1cc(CN(C)C(=O)c2ccc(C[C@@H]3CC[C@H]([C@H](O)c4ccc(F)cc4)C3)cc2)n[nH]1. The molecule has 5 nitrogen and oxygen atoms in total. The molecule has 0 radical (unpaired) electrons. The molecule has 0 spiro atoms. The quantitative estimate of drug-likeness (QED) is 0.559. The molecule has 1 aliphatic rings. The third-order valence-corrected chi connectivity index (χ3v) is 6.47. The number of amides is 1. The first-order chi connectivity index (χ1) is 15.4. The van der Waals surface area contributed by atoms with Gasteiger partial charge in [0.1, 0.15) is 5.82 Å². The number of aromatic amines is 1. The predicted octanol–water partition coefficient (Wildman–Crippen LogP) is 4.82. The Morgan fingerprint density at radius 1 is 1.19 bits per heavy atom. The number of hydrogen-bond acceptors (Lipinski definition) is 3. The average molecular weight is 436 g/mol. The Hall–Kier alpha value is -2.99. The molecule has 1 amide bonds. The summed E-state index contributed by atoms with van der Waals surface area (Å²) < 4.78 is 13.1. The highest BCUT2D eigenvalue weighted by molar-refractivity contribution is 5.94. The Morgan fingerprint density at radius 3 is 2.56 bits per heavy atom. The summed E-state index contributed by atoms with van der Waals surface area (Å²) in [4.78, 5) is 14.4. The van der Waals surface area contributed by atoms with Crippen molar-refractivity contribution in [2.45, 2.75) is 45.3 Å². The molecule has 2 N–H and O–H groups in total. The standard InChI is InChI=1S/C26H30FN3O2/c1-17-13-24(29-28-17)16-30(2)26(32)21-6-3-18(4-7-21)14-19-5-8-22(15-19)25(31)20-9-11-23(27)12-10-20/h3-4,6-7,9-13,19,22,25,31H,5,8,14-16H2,1-2H3,(H,28,29)/t19-,22-,25+/m0/s1. The van der Waals surface area contributed by atoms with Crippen LogP contribution in [0.5, 0.6) is 0 Å². The molecule has 32 heavy (non-hydrogen) atoms. The number of carbonyl (C=O) groups is 1. The fraction of sp³-hybridized carbons (Fsp3) is 0.385. The van der Waals surface area contributed by atoms with E-state index in [4.69, 9.17) is 0 Å². The van der Waals surface area contributed by atoms with Crippen molar-refractivity contribution >= 4 is 5.91 Å². The van der Waals surface area contributed by atoms with Crippen molar-refractivity contribution in [3.8, 4) is 0 Å². The first-order valence-electron chi connectivity index (χ1n) is 11.2. The Labute approximate surface area is 188 Å². The summed E-state index contributed by atoms with van der Waals surface area (Å²) in [7, 11) is 1.78. The van der Waals surface area contributed by atoms with Crippen LogP contribution in [0.2, 0.25) is 0 Å². The van der Waals surface area contributed by atoms with E-state index in [0.717, 1.165) is 42.6 Å². The normalized spacial score (nSPS) is 19.1. The maximum Gasteiger partial charge on any atom is 0.253 e. The molecule has 6 heteroatoms. The number of rotatable bonds is 7. The smallest absolute Gasteiger partial charge is 0.253 e. The van der Waals surface area contributed by atoms with E-state index >= 15 is 0 Å². The fourth-order valence-corrected chi connectivity index (χ4v) is 4.73. The molecular formula is C26H30FN3O2. The van der Waals surface area contributed by atoms with Gasteiger partial charge in [0.15, 0.2) is 0 Å². The second kappa shape index (κ2) is 9.65. The van der Waals surface area contributed by atoms with Crippen LogP contribution in [-0.2, 0) is 13.0 Å². The minimum absolute atomic E-state index is 0.0273. The number of benzene rings is 2. The van der Waals surface area contributed by atoms with Gasteiger partial charge in [-0.15, -0.1) is 0 Å². The van der Waals surface area contributed by atoms with Crippen molar-refractivity contribution < 1.29 is 14.3 Å². The van der Waals surface area contributed by atoms with Crippen LogP contribution in [0.4, 0.5) is 4.39 Å². The Kier molecular flexibility index (Phi) is 6.70. The van der Waals surface area contributed by atoms with E-state index in [1.807, 2.05) is 37.3 Å². The number of nitrogens with one attached hydrogen (secondary N) is 1. The highest BCUT2D eigenvalue weighted by Gasteiger charge is 2.30. The molecule has 1 aromatic heterocycles. The molecule has 1 aliphatic carbocycles. The van der Waals surface area contributed by atoms with Gasteiger partial charge in [0.2, 0.25) is 0 Å². The summed E-state index contributed by atoms with van der Waals surface area (Å²) in [5.74, 6) is 0.392. The number of aryl methyl sites for hydroxylation is 1. The van der Waals surface area contributed by atoms with Gasteiger partial charge in [-0.05, 0) is 85.9 Å². The zero-order chi connectivity index (χ0) is 22.7. The predicted molar refractivity (Wildman–Crippen MR) is 121 cm³/mol. The van der Waals surface area contributed by atoms with E-state index in [-0.39, 0.29) is 17.6 Å². The number of nitrogens with zero attached hydrogens (tertiary/aromatic N) is 2. The van der Waals surface area contributed by atoms with E-state index in [1.54, 1.807) is 24.1 Å². The lowest BCUT2D eigenvalue weighted by Gasteiger charge is -2.19. The van der Waals surface area contributed by atoms with E-state index < -0.39 is 6.10 Å². The largest absolute Gasteiger partial charge is 0.388 e. The zero-order valence-corrected chi connectivity index (χ0v) is 18.6. The van der Waals surface area contributed by atoms with Crippen LogP contribution in [0.15, 0.2) is 54.6 Å². The van der Waals surface area contributed by atoms with Crippen molar-refractivity contribution in [2.75, 3.05) is 7.05 Å². The molecule has 0 saturated heterocycles. The van der Waals surface area contributed by atoms with Gasteiger partial charge < -0.3 is 10.0 Å². The maximum atomic E-state index is 13.1. The summed E-state index contributed by atoms with van der Waals surface area (Å²) >= 11 is 0. The van der Waals surface area contributed by atoms with Crippen LogP contribution in [0.25, 0.3) is 0 Å². The lowest BCUT2D eigenvalue weighted by atomic mass is 9.91. The fourth-order valence-electron chi connectivity index (χ4n) is 4.73. The van der Waals surface area contributed by atoms with Crippen LogP contribution >= 0.6 is 0 Å². The van der Waals surface area contributed by atoms with Crippen molar-refractivity contribution in [2.24, 2.45) is 11.8 Å². The van der Waals surface area contributed by atoms with Crippen LogP contribution in [0, 0.1) is 24.6 Å². The van der Waals surface area contributed by atoms with Crippen molar-refractivity contribution in [1.82, 2.24) is 15.1 Å². The second-order valence-corrected chi connectivity index (χ2v) is 9.04. The number of aliphatic hydroxyl groups is 1. The Morgan fingerprint density at radius 2 is 1.91 bits per heavy atom. The molecule has 1 fully saturated rings. The number of halogens is 1. The number of aliphatic hydroxyl groups excluding tert-OH is 1. The minimum Gasteiger partial charge on any atom is -0.388 e. The van der Waals surface area contributed by atoms with Gasteiger partial charge in [-0.1, -0.05) is 24.3 Å². The van der Waals surface area contributed by atoms with E-state index in [9.17, 15) is 14.3 Å². The number of H-pyrrole nitrogens is 1. The van der Waals surface area contributed by atoms with Crippen molar-refractivity contribution in [1.29, 1.82) is 0 Å². The van der Waals surface area contributed by atoms with Gasteiger partial charge in [-0.2, -0.15) is 5.10 Å². The Balaban J connectivity index is 1.30. The first kappa shape index (κ1) is 22.2. The zero-order valence-electron chi connectivity index (χ0n) is 18.6. The molecule has 3 aromatic rings. The van der Waals surface area contributed by atoms with E-state index in [0.29, 0.717) is 18.0 Å². The summed E-state index contributed by atoms with van der Waals surface area (Å²) in [5, 5.41) is 17.8. The van der Waals surface area contributed by atoms with Gasteiger partial charge in [-0.25, -0.2) is 4.39 Å². The first-order valence-corrected chi connectivity index (χ1v) is 11.2. The lowest BCUT2D eigenvalue weighted by Crippen LogP contribution is -2.26. The van der Waals surface area contributed by atoms with Crippen LogP contribution < -0.4 is 0 Å². The molecule has 4 rings (SSSR count). The number of carbonyl (C=O) groups excluding carboxylic acids is 1. The average Bonchev–Trinajstić information content (AvgIpc) is 3.42. The summed E-state index contributed by atoms with van der Waals surface area (Å²) in [6, 6.07) is 15.9. The summed E-state index contributed by atoms with van der Waals surface area (Å²) in [6.45, 7) is 2.40. The van der Waals surface area contributed by atoms with Gasteiger partial charge in [0.25, 0.3) is 5.91 Å². The highest BCUT2D eigenvalue weighted by Crippen LogP contribution is 2.40. The van der Waals surface area contributed by atoms with Gasteiger partial charge in [0.05, 0.1) is 18.3 Å². The third kappa shape index (κ3) is 5.25. The van der Waals surface area contributed by atoms with Crippen LogP contribution in [-0.4, -0.2) is 33.2 Å². The topological polar surface area (TPSA) is 69.2 Å². The second-order valence-electron chi connectivity index (χ2n) is 9.04. The van der Waals surface area contributed by atoms with Gasteiger partial charge in [-0.3, -0.25) is 9.89 Å². The molecule has 0 unspecified atom stereocenters. The Bertz CT molecular complexity index is 1050.